The van der Waals surface area contributed by atoms with Gasteiger partial charge in [-0.15, -0.1) is 0 Å². The Morgan fingerprint density at radius 2 is 2.11 bits per heavy atom. The highest BCUT2D eigenvalue weighted by atomic mass is 16.6. The van der Waals surface area contributed by atoms with Crippen molar-refractivity contribution in [3.63, 3.8) is 0 Å². The standard InChI is InChI=1S/C13H19N3O3/c1-9(7-14-3)8-15-13(17)11-4-5-12(16(18)19)10(2)6-11/h4-6,9,14H,7-8H2,1-3H3,(H,15,17). The molecule has 1 aromatic carbocycles. The van der Waals surface area contributed by atoms with Crippen molar-refractivity contribution in [3.05, 3.63) is 39.4 Å². The second-order valence-electron chi connectivity index (χ2n) is 4.63. The van der Waals surface area contributed by atoms with Crippen LogP contribution in [0.5, 0.6) is 0 Å². The average molecular weight is 265 g/mol. The number of nitrogens with one attached hydrogen (secondary N) is 2. The fourth-order valence-corrected chi connectivity index (χ4v) is 1.79. The topological polar surface area (TPSA) is 84.3 Å². The van der Waals surface area contributed by atoms with Crippen LogP contribution in [0, 0.1) is 23.0 Å². The first-order valence-electron chi connectivity index (χ1n) is 6.13. The third-order valence-electron chi connectivity index (χ3n) is 2.82. The Balaban J connectivity index is 2.68. The SMILES string of the molecule is CNCC(C)CNC(=O)c1ccc([N+](=O)[O-])c(C)c1. The molecule has 6 nitrogen and oxygen atoms in total. The summed E-state index contributed by atoms with van der Waals surface area (Å²) in [5.74, 6) is 0.119. The predicted molar refractivity (Wildman–Crippen MR) is 73.3 cm³/mol. The molecule has 6 heteroatoms. The van der Waals surface area contributed by atoms with Crippen molar-refractivity contribution >= 4 is 11.6 Å². The Hall–Kier alpha value is -1.95. The molecule has 0 spiro atoms. The molecule has 1 aromatic rings. The lowest BCUT2D eigenvalue weighted by atomic mass is 10.1. The summed E-state index contributed by atoms with van der Waals surface area (Å²) >= 11 is 0. The van der Waals surface area contributed by atoms with Gasteiger partial charge >= 0.3 is 0 Å². The van der Waals surface area contributed by atoms with Gasteiger partial charge in [0.2, 0.25) is 0 Å². The van der Waals surface area contributed by atoms with E-state index in [1.807, 2.05) is 14.0 Å². The van der Waals surface area contributed by atoms with Crippen LogP contribution in [0.25, 0.3) is 0 Å². The number of hydrogen-bond acceptors (Lipinski definition) is 4. The zero-order valence-corrected chi connectivity index (χ0v) is 11.4. The molecule has 104 valence electrons. The van der Waals surface area contributed by atoms with E-state index in [9.17, 15) is 14.9 Å². The monoisotopic (exact) mass is 265 g/mol. The number of carbonyl (C=O) groups excluding carboxylic acids is 1. The number of nitrogens with zero attached hydrogens (tertiary/aromatic N) is 1. The number of carbonyl (C=O) groups is 1. The van der Waals surface area contributed by atoms with Gasteiger partial charge in [0.1, 0.15) is 0 Å². The smallest absolute Gasteiger partial charge is 0.272 e. The molecular formula is C13H19N3O3. The van der Waals surface area contributed by atoms with Crippen LogP contribution >= 0.6 is 0 Å². The van der Waals surface area contributed by atoms with Crippen LogP contribution in [-0.4, -0.2) is 31.0 Å². The first-order chi connectivity index (χ1) is 8.95. The van der Waals surface area contributed by atoms with Gasteiger partial charge in [0.15, 0.2) is 0 Å². The Morgan fingerprint density at radius 1 is 1.42 bits per heavy atom. The van der Waals surface area contributed by atoms with Gasteiger partial charge in [-0.2, -0.15) is 0 Å². The first kappa shape index (κ1) is 15.1. The number of amides is 1. The number of nitro benzene ring substituents is 1. The molecule has 0 saturated heterocycles. The Morgan fingerprint density at radius 3 is 2.63 bits per heavy atom. The van der Waals surface area contributed by atoms with E-state index in [0.29, 0.717) is 23.6 Å². The van der Waals surface area contributed by atoms with Gasteiger partial charge in [-0.1, -0.05) is 6.92 Å². The highest BCUT2D eigenvalue weighted by Gasteiger charge is 2.14. The first-order valence-corrected chi connectivity index (χ1v) is 6.13. The molecule has 1 unspecified atom stereocenters. The minimum atomic E-state index is -0.452. The maximum absolute atomic E-state index is 11.9. The number of hydrogen-bond donors (Lipinski definition) is 2. The summed E-state index contributed by atoms with van der Waals surface area (Å²) in [5, 5.41) is 16.5. The number of nitro groups is 1. The lowest BCUT2D eigenvalue weighted by Crippen LogP contribution is -2.32. The van der Waals surface area contributed by atoms with Crippen LogP contribution in [0.1, 0.15) is 22.8 Å². The van der Waals surface area contributed by atoms with Crippen molar-refractivity contribution in [2.45, 2.75) is 13.8 Å². The highest BCUT2D eigenvalue weighted by molar-refractivity contribution is 5.94. The Labute approximate surface area is 112 Å². The van der Waals surface area contributed by atoms with Crippen molar-refractivity contribution in [1.82, 2.24) is 10.6 Å². The summed E-state index contributed by atoms with van der Waals surface area (Å²) < 4.78 is 0. The van der Waals surface area contributed by atoms with E-state index in [0.717, 1.165) is 6.54 Å². The third kappa shape index (κ3) is 4.33. The highest BCUT2D eigenvalue weighted by Crippen LogP contribution is 2.18. The van der Waals surface area contributed by atoms with Gasteiger partial charge < -0.3 is 10.6 Å². The van der Waals surface area contributed by atoms with Crippen molar-refractivity contribution in [2.24, 2.45) is 5.92 Å². The molecule has 0 heterocycles. The molecule has 0 aliphatic heterocycles. The normalized spacial score (nSPS) is 11.9. The van der Waals surface area contributed by atoms with Crippen LogP contribution in [0.2, 0.25) is 0 Å². The van der Waals surface area contributed by atoms with Crippen LogP contribution in [0.4, 0.5) is 5.69 Å². The van der Waals surface area contributed by atoms with Gasteiger partial charge in [-0.25, -0.2) is 0 Å². The molecule has 1 rings (SSSR count). The van der Waals surface area contributed by atoms with E-state index < -0.39 is 4.92 Å². The lowest BCUT2D eigenvalue weighted by molar-refractivity contribution is -0.385. The molecule has 2 N–H and O–H groups in total. The summed E-state index contributed by atoms with van der Waals surface area (Å²) in [5.41, 5.74) is 0.959. The van der Waals surface area contributed by atoms with Crippen LogP contribution in [0.3, 0.4) is 0 Å². The minimum Gasteiger partial charge on any atom is -0.352 e. The molecular weight excluding hydrogens is 246 g/mol. The lowest BCUT2D eigenvalue weighted by Gasteiger charge is -2.12. The maximum Gasteiger partial charge on any atom is 0.272 e. The Bertz CT molecular complexity index is 474. The molecule has 1 atom stereocenters. The molecule has 19 heavy (non-hydrogen) atoms. The average Bonchev–Trinajstić information content (AvgIpc) is 2.35. The van der Waals surface area contributed by atoms with Gasteiger partial charge in [-0.05, 0) is 38.6 Å². The van der Waals surface area contributed by atoms with E-state index in [-0.39, 0.29) is 11.6 Å². The van der Waals surface area contributed by atoms with Gasteiger partial charge in [0.05, 0.1) is 4.92 Å². The number of aryl methyl sites for hydroxylation is 1. The zero-order valence-electron chi connectivity index (χ0n) is 11.4. The molecule has 1 amide bonds. The molecule has 0 saturated carbocycles. The minimum absolute atomic E-state index is 0.0279. The summed E-state index contributed by atoms with van der Waals surface area (Å²) in [6.45, 7) is 5.03. The third-order valence-corrected chi connectivity index (χ3v) is 2.82. The second kappa shape index (κ2) is 6.84. The quantitative estimate of drug-likeness (QED) is 0.603. The number of rotatable bonds is 6. The van der Waals surface area contributed by atoms with E-state index in [4.69, 9.17) is 0 Å². The molecule has 0 bridgehead atoms. The summed E-state index contributed by atoms with van der Waals surface area (Å²) in [6.07, 6.45) is 0. The predicted octanol–water partition coefficient (Wildman–Crippen LogP) is 1.49. The molecule has 0 fully saturated rings. The maximum atomic E-state index is 11.9. The van der Waals surface area contributed by atoms with Gasteiger partial charge in [-0.3, -0.25) is 14.9 Å². The van der Waals surface area contributed by atoms with Gasteiger partial charge in [0, 0.05) is 23.7 Å². The van der Waals surface area contributed by atoms with Crippen molar-refractivity contribution < 1.29 is 9.72 Å². The zero-order chi connectivity index (χ0) is 14.4. The van der Waals surface area contributed by atoms with Crippen molar-refractivity contribution in [3.8, 4) is 0 Å². The number of benzene rings is 1. The van der Waals surface area contributed by atoms with Crippen molar-refractivity contribution in [1.29, 1.82) is 0 Å². The van der Waals surface area contributed by atoms with E-state index in [1.165, 1.54) is 18.2 Å². The summed E-state index contributed by atoms with van der Waals surface area (Å²) in [7, 11) is 1.86. The van der Waals surface area contributed by atoms with Crippen LogP contribution < -0.4 is 10.6 Å². The molecule has 0 aromatic heterocycles. The van der Waals surface area contributed by atoms with Crippen LogP contribution in [0.15, 0.2) is 18.2 Å². The fraction of sp³-hybridized carbons (Fsp3) is 0.462. The summed E-state index contributed by atoms with van der Waals surface area (Å²) in [4.78, 5) is 22.1. The fourth-order valence-electron chi connectivity index (χ4n) is 1.79. The van der Waals surface area contributed by atoms with Gasteiger partial charge in [0.25, 0.3) is 11.6 Å². The van der Waals surface area contributed by atoms with E-state index in [1.54, 1.807) is 6.92 Å². The molecule has 0 aliphatic rings. The second-order valence-corrected chi connectivity index (χ2v) is 4.63. The largest absolute Gasteiger partial charge is 0.352 e. The molecule has 0 aliphatic carbocycles. The van der Waals surface area contributed by atoms with E-state index >= 15 is 0 Å². The molecule has 0 radical (unpaired) electrons. The Kier molecular flexibility index (Phi) is 5.44. The van der Waals surface area contributed by atoms with Crippen molar-refractivity contribution in [2.75, 3.05) is 20.1 Å². The summed E-state index contributed by atoms with van der Waals surface area (Å²) in [6, 6.07) is 4.38. The van der Waals surface area contributed by atoms with E-state index in [2.05, 4.69) is 10.6 Å². The van der Waals surface area contributed by atoms with Crippen LogP contribution in [-0.2, 0) is 0 Å².